The third-order valence-electron chi connectivity index (χ3n) is 3.75. The zero-order chi connectivity index (χ0) is 13.3. The fraction of sp³-hybridized carbons (Fsp3) is 0.769. The van der Waals surface area contributed by atoms with Gasteiger partial charge in [0, 0.05) is 13.1 Å². The smallest absolute Gasteiger partial charge is 0.187 e. The van der Waals surface area contributed by atoms with E-state index in [0.29, 0.717) is 16.4 Å². The third kappa shape index (κ3) is 3.12. The van der Waals surface area contributed by atoms with Crippen LogP contribution in [0.2, 0.25) is 5.15 Å². The zero-order valence-corrected chi connectivity index (χ0v) is 13.5. The Bertz CT molecular complexity index is 404. The van der Waals surface area contributed by atoms with Gasteiger partial charge in [-0.1, -0.05) is 43.7 Å². The number of hydrogen-bond donors (Lipinski definition) is 0. The second-order valence-electron chi connectivity index (χ2n) is 5.97. The lowest BCUT2D eigenvalue weighted by Gasteiger charge is -2.38. The van der Waals surface area contributed by atoms with Crippen molar-refractivity contribution >= 4 is 39.7 Å². The molecule has 1 aliphatic rings. The molecule has 1 aromatic rings. The first kappa shape index (κ1) is 14.4. The molecule has 1 aromatic heterocycles. The maximum atomic E-state index is 6.05. The molecule has 2 rings (SSSR count). The van der Waals surface area contributed by atoms with E-state index < -0.39 is 0 Å². The fourth-order valence-electron chi connectivity index (χ4n) is 2.48. The van der Waals surface area contributed by atoms with Gasteiger partial charge in [-0.2, -0.15) is 0 Å². The second-order valence-corrected chi connectivity index (χ2v) is 7.66. The topological polar surface area (TPSA) is 16.1 Å². The van der Waals surface area contributed by atoms with Crippen LogP contribution in [0.1, 0.15) is 38.5 Å². The van der Waals surface area contributed by atoms with Crippen molar-refractivity contribution < 1.29 is 0 Å². The molecule has 0 saturated carbocycles. The van der Waals surface area contributed by atoms with Gasteiger partial charge in [-0.15, -0.1) is 11.6 Å². The number of anilines is 1. The molecule has 0 unspecified atom stereocenters. The average molecular weight is 307 g/mol. The number of thiazole rings is 1. The molecule has 1 saturated heterocycles. The standard InChI is InChI=1S/C13H20Cl2N2S/c1-13(2,3)9-4-6-17(7-5-9)12-16-11(15)10(8-14)18-12/h9H,4-8H2,1-3H3. The summed E-state index contributed by atoms with van der Waals surface area (Å²) in [5, 5.41) is 1.60. The van der Waals surface area contributed by atoms with Crippen LogP contribution < -0.4 is 4.90 Å². The van der Waals surface area contributed by atoms with Gasteiger partial charge in [0.2, 0.25) is 0 Å². The van der Waals surface area contributed by atoms with E-state index in [-0.39, 0.29) is 0 Å². The van der Waals surface area contributed by atoms with Crippen molar-refractivity contribution in [2.75, 3.05) is 18.0 Å². The van der Waals surface area contributed by atoms with Crippen LogP contribution in [0.4, 0.5) is 5.13 Å². The summed E-state index contributed by atoms with van der Waals surface area (Å²) < 4.78 is 0. The van der Waals surface area contributed by atoms with E-state index in [4.69, 9.17) is 23.2 Å². The van der Waals surface area contributed by atoms with E-state index >= 15 is 0 Å². The predicted octanol–water partition coefficient (Wildman–Crippen LogP) is 4.80. The fourth-order valence-corrected chi connectivity index (χ4v) is 4.00. The van der Waals surface area contributed by atoms with Crippen LogP contribution in [0, 0.1) is 11.3 Å². The molecule has 2 heterocycles. The van der Waals surface area contributed by atoms with Gasteiger partial charge in [0.05, 0.1) is 10.8 Å². The molecular formula is C13H20Cl2N2S. The highest BCUT2D eigenvalue weighted by atomic mass is 35.5. The first-order valence-corrected chi connectivity index (χ1v) is 8.11. The number of piperidine rings is 1. The Morgan fingerprint density at radius 1 is 1.33 bits per heavy atom. The quantitative estimate of drug-likeness (QED) is 0.730. The number of nitrogens with zero attached hydrogens (tertiary/aromatic N) is 2. The monoisotopic (exact) mass is 306 g/mol. The molecule has 0 radical (unpaired) electrons. The highest BCUT2D eigenvalue weighted by molar-refractivity contribution is 7.16. The molecule has 0 aromatic carbocycles. The molecule has 0 N–H and O–H groups in total. The summed E-state index contributed by atoms with van der Waals surface area (Å²) in [6.07, 6.45) is 2.47. The molecular weight excluding hydrogens is 287 g/mol. The van der Waals surface area contributed by atoms with Gasteiger partial charge in [0.1, 0.15) is 5.15 Å². The normalized spacial score (nSPS) is 18.4. The summed E-state index contributed by atoms with van der Waals surface area (Å²) in [6.45, 7) is 9.15. The maximum absolute atomic E-state index is 6.05. The molecule has 1 fully saturated rings. The lowest BCUT2D eigenvalue weighted by atomic mass is 9.75. The first-order valence-electron chi connectivity index (χ1n) is 6.38. The van der Waals surface area contributed by atoms with Gasteiger partial charge in [-0.05, 0) is 24.2 Å². The molecule has 102 valence electrons. The van der Waals surface area contributed by atoms with E-state index in [1.807, 2.05) is 0 Å². The lowest BCUT2D eigenvalue weighted by Crippen LogP contribution is -2.37. The van der Waals surface area contributed by atoms with Crippen LogP contribution in [-0.4, -0.2) is 18.1 Å². The third-order valence-corrected chi connectivity index (χ3v) is 5.72. The maximum Gasteiger partial charge on any atom is 0.187 e. The summed E-state index contributed by atoms with van der Waals surface area (Å²) in [5.41, 5.74) is 0.411. The Morgan fingerprint density at radius 2 is 1.94 bits per heavy atom. The molecule has 0 atom stereocenters. The van der Waals surface area contributed by atoms with Crippen LogP contribution in [0.15, 0.2) is 0 Å². The summed E-state index contributed by atoms with van der Waals surface area (Å²) in [7, 11) is 0. The van der Waals surface area contributed by atoms with Gasteiger partial charge in [-0.25, -0.2) is 4.98 Å². The number of rotatable bonds is 2. The largest absolute Gasteiger partial charge is 0.348 e. The van der Waals surface area contributed by atoms with Crippen molar-refractivity contribution in [2.45, 2.75) is 39.5 Å². The van der Waals surface area contributed by atoms with Gasteiger partial charge in [-0.3, -0.25) is 0 Å². The lowest BCUT2D eigenvalue weighted by molar-refractivity contribution is 0.199. The molecule has 0 amide bonds. The molecule has 1 aliphatic heterocycles. The molecule has 0 aliphatic carbocycles. The minimum absolute atomic E-state index is 0.411. The Kier molecular flexibility index (Phi) is 4.45. The SMILES string of the molecule is CC(C)(C)C1CCN(c2nc(Cl)c(CCl)s2)CC1. The number of halogens is 2. The Labute approximate surface area is 123 Å². The Balaban J connectivity index is 2.01. The summed E-state index contributed by atoms with van der Waals surface area (Å²) in [4.78, 5) is 7.74. The van der Waals surface area contributed by atoms with E-state index in [0.717, 1.165) is 29.0 Å². The summed E-state index contributed by atoms with van der Waals surface area (Å²) >= 11 is 13.5. The van der Waals surface area contributed by atoms with E-state index in [1.165, 1.54) is 12.8 Å². The Hall–Kier alpha value is 0.01000. The molecule has 0 bridgehead atoms. The van der Waals surface area contributed by atoms with Gasteiger partial charge in [0.25, 0.3) is 0 Å². The summed E-state index contributed by atoms with van der Waals surface area (Å²) in [6, 6.07) is 0. The predicted molar refractivity (Wildman–Crippen MR) is 81.1 cm³/mol. The van der Waals surface area contributed by atoms with Crippen molar-refractivity contribution in [3.8, 4) is 0 Å². The number of alkyl halides is 1. The number of aromatic nitrogens is 1. The van der Waals surface area contributed by atoms with E-state index in [2.05, 4.69) is 30.7 Å². The molecule has 2 nitrogen and oxygen atoms in total. The van der Waals surface area contributed by atoms with Crippen LogP contribution in [-0.2, 0) is 5.88 Å². The molecule has 0 spiro atoms. The zero-order valence-electron chi connectivity index (χ0n) is 11.2. The van der Waals surface area contributed by atoms with Crippen molar-refractivity contribution in [3.63, 3.8) is 0 Å². The van der Waals surface area contributed by atoms with Crippen LogP contribution >= 0.6 is 34.5 Å². The average Bonchev–Trinajstić information content (AvgIpc) is 2.69. The Morgan fingerprint density at radius 3 is 2.39 bits per heavy atom. The minimum Gasteiger partial charge on any atom is -0.348 e. The van der Waals surface area contributed by atoms with Gasteiger partial charge in [0.15, 0.2) is 5.13 Å². The summed E-state index contributed by atoms with van der Waals surface area (Å²) in [5.74, 6) is 1.26. The van der Waals surface area contributed by atoms with Gasteiger partial charge < -0.3 is 4.90 Å². The van der Waals surface area contributed by atoms with Crippen LogP contribution in [0.5, 0.6) is 0 Å². The van der Waals surface area contributed by atoms with Crippen molar-refractivity contribution in [1.29, 1.82) is 0 Å². The second kappa shape index (κ2) is 5.56. The van der Waals surface area contributed by atoms with Crippen molar-refractivity contribution in [3.05, 3.63) is 10.0 Å². The van der Waals surface area contributed by atoms with E-state index in [1.54, 1.807) is 11.3 Å². The number of hydrogen-bond acceptors (Lipinski definition) is 3. The van der Waals surface area contributed by atoms with Crippen LogP contribution in [0.25, 0.3) is 0 Å². The van der Waals surface area contributed by atoms with Crippen LogP contribution in [0.3, 0.4) is 0 Å². The minimum atomic E-state index is 0.411. The first-order chi connectivity index (χ1) is 8.41. The van der Waals surface area contributed by atoms with Crippen molar-refractivity contribution in [2.24, 2.45) is 11.3 Å². The highest BCUT2D eigenvalue weighted by Crippen LogP contribution is 2.37. The molecule has 5 heteroatoms. The van der Waals surface area contributed by atoms with Gasteiger partial charge >= 0.3 is 0 Å². The van der Waals surface area contributed by atoms with E-state index in [9.17, 15) is 0 Å². The van der Waals surface area contributed by atoms with Crippen molar-refractivity contribution in [1.82, 2.24) is 4.98 Å². The molecule has 18 heavy (non-hydrogen) atoms. The highest BCUT2D eigenvalue weighted by Gasteiger charge is 2.29.